The zero-order chi connectivity index (χ0) is 14.5. The third kappa shape index (κ3) is 3.87. The molecule has 1 aliphatic rings. The minimum absolute atomic E-state index is 0.135. The quantitative estimate of drug-likeness (QED) is 0.483. The van der Waals surface area contributed by atoms with Crippen LogP contribution in [0.2, 0.25) is 0 Å². The summed E-state index contributed by atoms with van der Waals surface area (Å²) in [5, 5.41) is 10.7. The van der Waals surface area contributed by atoms with E-state index in [2.05, 4.69) is 5.48 Å². The summed E-state index contributed by atoms with van der Waals surface area (Å²) < 4.78 is 5.92. The van der Waals surface area contributed by atoms with Crippen molar-refractivity contribution in [1.82, 2.24) is 5.48 Å². The maximum Gasteiger partial charge on any atom is 0.276 e. The van der Waals surface area contributed by atoms with E-state index in [1.807, 2.05) is 22.6 Å². The molecule has 1 atom stereocenters. The molecule has 1 saturated heterocycles. The van der Waals surface area contributed by atoms with Crippen molar-refractivity contribution in [2.45, 2.75) is 25.6 Å². The van der Waals surface area contributed by atoms with Crippen LogP contribution in [0.15, 0.2) is 18.2 Å². The Bertz CT molecular complexity index is 517. The molecule has 8 heteroatoms. The molecule has 0 radical (unpaired) electrons. The number of nitrogens with one attached hydrogen (secondary N) is 1. The van der Waals surface area contributed by atoms with E-state index in [4.69, 9.17) is 9.57 Å². The van der Waals surface area contributed by atoms with Gasteiger partial charge in [0.15, 0.2) is 6.29 Å². The van der Waals surface area contributed by atoms with E-state index in [9.17, 15) is 14.9 Å². The topological polar surface area (TPSA) is 90.7 Å². The fourth-order valence-corrected chi connectivity index (χ4v) is 2.36. The fraction of sp³-hybridized carbons (Fsp3) is 0.417. The highest BCUT2D eigenvalue weighted by Gasteiger charge is 2.19. The number of nitrogens with zero attached hydrogens (tertiary/aromatic N) is 1. The number of carbonyl (C=O) groups is 1. The maximum atomic E-state index is 12.0. The molecule has 0 saturated carbocycles. The molecule has 20 heavy (non-hydrogen) atoms. The van der Waals surface area contributed by atoms with E-state index in [1.165, 1.54) is 18.2 Å². The number of rotatable bonds is 4. The lowest BCUT2D eigenvalue weighted by molar-refractivity contribution is -0.384. The number of hydroxylamine groups is 1. The molecule has 108 valence electrons. The van der Waals surface area contributed by atoms with Gasteiger partial charge in [-0.2, -0.15) is 0 Å². The predicted octanol–water partition coefficient (Wildman–Crippen LogP) is 2.39. The zero-order valence-electron chi connectivity index (χ0n) is 10.5. The van der Waals surface area contributed by atoms with Crippen molar-refractivity contribution in [1.29, 1.82) is 0 Å². The summed E-state index contributed by atoms with van der Waals surface area (Å²) in [5.41, 5.74) is 2.35. The molecule has 1 N–H and O–H groups in total. The van der Waals surface area contributed by atoms with Crippen molar-refractivity contribution < 1.29 is 19.3 Å². The number of amides is 1. The van der Waals surface area contributed by atoms with Crippen LogP contribution < -0.4 is 5.48 Å². The van der Waals surface area contributed by atoms with Crippen LogP contribution in [0.5, 0.6) is 0 Å². The summed E-state index contributed by atoms with van der Waals surface area (Å²) in [5.74, 6) is -0.521. The van der Waals surface area contributed by atoms with Gasteiger partial charge in [-0.3, -0.25) is 14.9 Å². The molecule has 0 bridgehead atoms. The largest absolute Gasteiger partial charge is 0.350 e. The lowest BCUT2D eigenvalue weighted by Gasteiger charge is -2.22. The van der Waals surface area contributed by atoms with E-state index < -0.39 is 17.1 Å². The number of halogens is 1. The number of nitro groups is 1. The molecule has 1 fully saturated rings. The summed E-state index contributed by atoms with van der Waals surface area (Å²) in [7, 11) is 0. The number of hydrogen-bond acceptors (Lipinski definition) is 5. The number of carbonyl (C=O) groups excluding carboxylic acids is 1. The normalized spacial score (nSPS) is 18.6. The van der Waals surface area contributed by atoms with Crippen molar-refractivity contribution in [3.63, 3.8) is 0 Å². The summed E-state index contributed by atoms with van der Waals surface area (Å²) in [6, 6.07) is 4.09. The van der Waals surface area contributed by atoms with Crippen molar-refractivity contribution in [3.05, 3.63) is 37.4 Å². The second kappa shape index (κ2) is 6.95. The summed E-state index contributed by atoms with van der Waals surface area (Å²) in [6.07, 6.45) is 2.22. The average Bonchev–Trinajstić information content (AvgIpc) is 2.46. The van der Waals surface area contributed by atoms with E-state index >= 15 is 0 Å². The molecule has 7 nitrogen and oxygen atoms in total. The number of non-ortho nitro benzene ring substituents is 1. The molecule has 1 amide bonds. The van der Waals surface area contributed by atoms with Crippen molar-refractivity contribution in [2.24, 2.45) is 0 Å². The molecule has 0 aromatic heterocycles. The van der Waals surface area contributed by atoms with Crippen molar-refractivity contribution >= 4 is 34.2 Å². The maximum absolute atomic E-state index is 12.0. The third-order valence-corrected chi connectivity index (χ3v) is 3.77. The molecule has 1 aromatic carbocycles. The van der Waals surface area contributed by atoms with Gasteiger partial charge in [-0.1, -0.05) is 0 Å². The van der Waals surface area contributed by atoms with Crippen LogP contribution in [0.3, 0.4) is 0 Å². The first-order valence-corrected chi connectivity index (χ1v) is 7.17. The number of benzene rings is 1. The molecule has 1 aliphatic heterocycles. The Kier molecular flexibility index (Phi) is 5.26. The number of hydrogen-bond donors (Lipinski definition) is 1. The SMILES string of the molecule is O=C(NO[C@H]1CCCCO1)c1cc([N+](=O)[O-])ccc1I. The second-order valence-electron chi connectivity index (χ2n) is 4.27. The monoisotopic (exact) mass is 392 g/mol. The first-order chi connectivity index (χ1) is 9.58. The molecule has 1 heterocycles. The molecule has 0 spiro atoms. The minimum Gasteiger partial charge on any atom is -0.350 e. The van der Waals surface area contributed by atoms with Gasteiger partial charge in [0, 0.05) is 28.7 Å². The number of ether oxygens (including phenoxy) is 1. The Balaban J connectivity index is 2.00. The van der Waals surface area contributed by atoms with Gasteiger partial charge in [0.05, 0.1) is 10.5 Å². The average molecular weight is 392 g/mol. The second-order valence-corrected chi connectivity index (χ2v) is 5.43. The highest BCUT2D eigenvalue weighted by molar-refractivity contribution is 14.1. The van der Waals surface area contributed by atoms with Crippen LogP contribution >= 0.6 is 22.6 Å². The van der Waals surface area contributed by atoms with Gasteiger partial charge in [-0.25, -0.2) is 10.3 Å². The third-order valence-electron chi connectivity index (χ3n) is 2.83. The van der Waals surface area contributed by atoms with Gasteiger partial charge >= 0.3 is 0 Å². The first-order valence-electron chi connectivity index (χ1n) is 6.09. The van der Waals surface area contributed by atoms with Crippen LogP contribution in [-0.2, 0) is 9.57 Å². The van der Waals surface area contributed by atoms with Gasteiger partial charge in [0.25, 0.3) is 11.6 Å². The standard InChI is InChI=1S/C12H13IN2O5/c13-10-5-4-8(15(17)18)7-9(10)12(16)14-20-11-3-1-2-6-19-11/h4-5,7,11H,1-3,6H2,(H,14,16)/t11-/m0/s1. The Morgan fingerprint density at radius 1 is 1.50 bits per heavy atom. The van der Waals surface area contributed by atoms with Crippen LogP contribution in [0.1, 0.15) is 29.6 Å². The van der Waals surface area contributed by atoms with Crippen LogP contribution in [0.4, 0.5) is 5.69 Å². The summed E-state index contributed by atoms with van der Waals surface area (Å²) >= 11 is 1.94. The van der Waals surface area contributed by atoms with Crippen LogP contribution in [-0.4, -0.2) is 23.7 Å². The Morgan fingerprint density at radius 2 is 2.30 bits per heavy atom. The van der Waals surface area contributed by atoms with E-state index in [0.717, 1.165) is 12.8 Å². The zero-order valence-corrected chi connectivity index (χ0v) is 12.7. The minimum atomic E-state index is -0.544. The van der Waals surface area contributed by atoms with E-state index in [1.54, 1.807) is 0 Å². The van der Waals surface area contributed by atoms with Gasteiger partial charge < -0.3 is 4.74 Å². The molecular formula is C12H13IN2O5. The van der Waals surface area contributed by atoms with Gasteiger partial charge in [-0.15, -0.1) is 0 Å². The lowest BCUT2D eigenvalue weighted by Crippen LogP contribution is -2.33. The summed E-state index contributed by atoms with van der Waals surface area (Å²) in [6.45, 7) is 0.606. The highest BCUT2D eigenvalue weighted by Crippen LogP contribution is 2.20. The first kappa shape index (κ1) is 15.1. The van der Waals surface area contributed by atoms with Crippen LogP contribution in [0.25, 0.3) is 0 Å². The van der Waals surface area contributed by atoms with Gasteiger partial charge in [0.1, 0.15) is 0 Å². The molecule has 0 aliphatic carbocycles. The van der Waals surface area contributed by atoms with Crippen molar-refractivity contribution in [3.8, 4) is 0 Å². The van der Waals surface area contributed by atoms with Gasteiger partial charge in [-0.05, 0) is 41.5 Å². The van der Waals surface area contributed by atoms with E-state index in [0.29, 0.717) is 16.6 Å². The fourth-order valence-electron chi connectivity index (χ4n) is 1.78. The Morgan fingerprint density at radius 3 is 2.95 bits per heavy atom. The summed E-state index contributed by atoms with van der Waals surface area (Å²) in [4.78, 5) is 27.3. The van der Waals surface area contributed by atoms with Crippen molar-refractivity contribution in [2.75, 3.05) is 6.61 Å². The lowest BCUT2D eigenvalue weighted by atomic mass is 10.2. The highest BCUT2D eigenvalue weighted by atomic mass is 127. The molecule has 1 aromatic rings. The molecular weight excluding hydrogens is 379 g/mol. The van der Waals surface area contributed by atoms with Crippen LogP contribution in [0, 0.1) is 13.7 Å². The molecule has 2 rings (SSSR count). The molecule has 0 unspecified atom stereocenters. The van der Waals surface area contributed by atoms with Gasteiger partial charge in [0.2, 0.25) is 0 Å². The number of nitro benzene ring substituents is 1. The smallest absolute Gasteiger partial charge is 0.276 e. The van der Waals surface area contributed by atoms with E-state index in [-0.39, 0.29) is 11.3 Å². The Hall–Kier alpha value is -1.26. The predicted molar refractivity (Wildman–Crippen MR) is 78.0 cm³/mol. The Labute approximate surface area is 128 Å².